The van der Waals surface area contributed by atoms with Crippen LogP contribution in [0.15, 0.2) is 18.2 Å². The summed E-state index contributed by atoms with van der Waals surface area (Å²) in [6.07, 6.45) is 0. The van der Waals surface area contributed by atoms with Gasteiger partial charge >= 0.3 is 0 Å². The van der Waals surface area contributed by atoms with Crippen LogP contribution < -0.4 is 15.4 Å². The van der Waals surface area contributed by atoms with E-state index in [4.69, 9.17) is 4.74 Å². The lowest BCUT2D eigenvalue weighted by molar-refractivity contribution is 0.407. The summed E-state index contributed by atoms with van der Waals surface area (Å²) in [7, 11) is -0.217. The van der Waals surface area contributed by atoms with Crippen LogP contribution >= 0.6 is 7.80 Å². The number of ether oxygens (including phenoxy) is 1. The summed E-state index contributed by atoms with van der Waals surface area (Å²) in [5.41, 5.74) is 0.947. The van der Waals surface area contributed by atoms with Crippen LogP contribution in [0.4, 0.5) is 5.69 Å². The zero-order chi connectivity index (χ0) is 11.9. The molecule has 0 fully saturated rings. The van der Waals surface area contributed by atoms with E-state index in [1.807, 2.05) is 18.2 Å². The van der Waals surface area contributed by atoms with Crippen LogP contribution in [-0.4, -0.2) is 12.9 Å². The number of hydrogen-bond donors (Lipinski definition) is 1. The normalized spacial score (nSPS) is 23.8. The number of methoxy groups -OCH3 is 1. The number of nitrogens with one attached hydrogen (secondary N) is 1. The molecule has 0 bridgehead atoms. The highest BCUT2D eigenvalue weighted by atomic mass is 31.1. The molecule has 88 valence electrons. The minimum absolute atomic E-state index is 0.0138. The predicted octanol–water partition coefficient (Wildman–Crippen LogP) is 2.68. The lowest BCUT2D eigenvalue weighted by Crippen LogP contribution is -2.27. The Morgan fingerprint density at radius 3 is 2.62 bits per heavy atom. The van der Waals surface area contributed by atoms with Crippen molar-refractivity contribution in [3.8, 4) is 5.75 Å². The Kier molecular flexibility index (Phi) is 2.75. The Balaban J connectivity index is 2.47. The van der Waals surface area contributed by atoms with Crippen molar-refractivity contribution in [2.75, 3.05) is 12.4 Å². The molecule has 1 aromatic carbocycles. The smallest absolute Gasteiger partial charge is 0.131 e. The molecule has 1 aliphatic rings. The lowest BCUT2D eigenvalue weighted by atomic mass is 9.96. The SMILES string of the molecule is COc1cccc2c1[PH](=O)[C@H](C(C)(C)C)N2. The van der Waals surface area contributed by atoms with Crippen molar-refractivity contribution in [3.63, 3.8) is 0 Å². The molecule has 0 saturated heterocycles. The summed E-state index contributed by atoms with van der Waals surface area (Å²) in [5, 5.41) is 4.22. The molecular weight excluding hydrogens is 221 g/mol. The first kappa shape index (κ1) is 11.5. The molecule has 0 saturated carbocycles. The summed E-state index contributed by atoms with van der Waals surface area (Å²) in [4.78, 5) is 0. The monoisotopic (exact) mass is 239 g/mol. The summed E-state index contributed by atoms with van der Waals surface area (Å²) >= 11 is 0. The molecule has 3 nitrogen and oxygen atoms in total. The van der Waals surface area contributed by atoms with Gasteiger partial charge in [-0.3, -0.25) is 0 Å². The van der Waals surface area contributed by atoms with E-state index in [1.54, 1.807) is 7.11 Å². The maximum absolute atomic E-state index is 12.5. The molecule has 1 heterocycles. The van der Waals surface area contributed by atoms with Gasteiger partial charge in [0.25, 0.3) is 0 Å². The van der Waals surface area contributed by atoms with Crippen molar-refractivity contribution in [3.05, 3.63) is 18.2 Å². The van der Waals surface area contributed by atoms with Gasteiger partial charge in [0.1, 0.15) is 13.6 Å². The fraction of sp³-hybridized carbons (Fsp3) is 0.500. The van der Waals surface area contributed by atoms with Gasteiger partial charge in [0.2, 0.25) is 0 Å². The number of benzene rings is 1. The molecule has 0 amide bonds. The second kappa shape index (κ2) is 3.81. The number of anilines is 1. The lowest BCUT2D eigenvalue weighted by Gasteiger charge is -2.26. The van der Waals surface area contributed by atoms with Crippen molar-refractivity contribution in [2.24, 2.45) is 5.41 Å². The van der Waals surface area contributed by atoms with E-state index in [0.717, 1.165) is 16.7 Å². The van der Waals surface area contributed by atoms with Crippen LogP contribution in [0.2, 0.25) is 0 Å². The third kappa shape index (κ3) is 1.73. The van der Waals surface area contributed by atoms with E-state index in [1.165, 1.54) is 0 Å². The van der Waals surface area contributed by atoms with Crippen LogP contribution in [0.5, 0.6) is 5.75 Å². The van der Waals surface area contributed by atoms with Crippen LogP contribution in [-0.2, 0) is 4.57 Å². The van der Waals surface area contributed by atoms with Crippen molar-refractivity contribution < 1.29 is 9.30 Å². The maximum Gasteiger partial charge on any atom is 0.131 e. The zero-order valence-electron chi connectivity index (χ0n) is 10.1. The molecule has 1 aliphatic heterocycles. The van der Waals surface area contributed by atoms with Gasteiger partial charge in [0, 0.05) is 5.69 Å². The summed E-state index contributed by atoms with van der Waals surface area (Å²) in [6, 6.07) is 5.76. The van der Waals surface area contributed by atoms with Gasteiger partial charge in [-0.2, -0.15) is 0 Å². The van der Waals surface area contributed by atoms with Gasteiger partial charge in [-0.05, 0) is 17.5 Å². The molecule has 0 aliphatic carbocycles. The predicted molar refractivity (Wildman–Crippen MR) is 68.5 cm³/mol. The van der Waals surface area contributed by atoms with E-state index < -0.39 is 7.80 Å². The van der Waals surface area contributed by atoms with Crippen molar-refractivity contribution in [1.82, 2.24) is 0 Å². The molecule has 4 heteroatoms. The molecule has 2 atom stereocenters. The molecular formula is C12H18NO2P. The highest BCUT2D eigenvalue weighted by Crippen LogP contribution is 2.48. The standard InChI is InChI=1S/C12H18NO2P/c1-12(2,3)11-13-8-6-5-7-9(15-4)10(8)16(11)14/h5-7,11,13,16H,1-4H3/t11-/m1/s1. The average Bonchev–Trinajstić information content (AvgIpc) is 2.56. The minimum atomic E-state index is -1.84. The summed E-state index contributed by atoms with van der Waals surface area (Å²) < 4.78 is 17.7. The van der Waals surface area contributed by atoms with Gasteiger partial charge in [-0.25, -0.2) is 0 Å². The highest BCUT2D eigenvalue weighted by Gasteiger charge is 2.38. The van der Waals surface area contributed by atoms with E-state index in [9.17, 15) is 4.57 Å². The van der Waals surface area contributed by atoms with Crippen molar-refractivity contribution in [2.45, 2.75) is 26.6 Å². The molecule has 1 N–H and O–H groups in total. The van der Waals surface area contributed by atoms with E-state index >= 15 is 0 Å². The van der Waals surface area contributed by atoms with Gasteiger partial charge < -0.3 is 14.6 Å². The van der Waals surface area contributed by atoms with Gasteiger partial charge in [0.15, 0.2) is 0 Å². The molecule has 16 heavy (non-hydrogen) atoms. The quantitative estimate of drug-likeness (QED) is 0.766. The van der Waals surface area contributed by atoms with Crippen LogP contribution in [0.1, 0.15) is 20.8 Å². The Morgan fingerprint density at radius 2 is 2.06 bits per heavy atom. The van der Waals surface area contributed by atoms with E-state index in [-0.39, 0.29) is 11.2 Å². The third-order valence-corrected chi connectivity index (χ3v) is 5.46. The minimum Gasteiger partial charge on any atom is -0.496 e. The molecule has 1 unspecified atom stereocenters. The Morgan fingerprint density at radius 1 is 1.38 bits per heavy atom. The molecule has 2 rings (SSSR count). The third-order valence-electron chi connectivity index (χ3n) is 2.92. The van der Waals surface area contributed by atoms with Gasteiger partial charge in [-0.1, -0.05) is 26.8 Å². The van der Waals surface area contributed by atoms with Gasteiger partial charge in [0.05, 0.1) is 18.2 Å². The fourth-order valence-electron chi connectivity index (χ4n) is 2.05. The number of rotatable bonds is 1. The largest absolute Gasteiger partial charge is 0.496 e. The summed E-state index contributed by atoms with van der Waals surface area (Å²) in [5.74, 6) is 0.754. The van der Waals surface area contributed by atoms with Crippen LogP contribution in [0.25, 0.3) is 0 Å². The van der Waals surface area contributed by atoms with Crippen LogP contribution in [0, 0.1) is 5.41 Å². The van der Waals surface area contributed by atoms with Crippen molar-refractivity contribution >= 4 is 18.8 Å². The van der Waals surface area contributed by atoms with Crippen molar-refractivity contribution in [1.29, 1.82) is 0 Å². The molecule has 0 aromatic heterocycles. The maximum atomic E-state index is 12.5. The summed E-state index contributed by atoms with van der Waals surface area (Å²) in [6.45, 7) is 6.31. The van der Waals surface area contributed by atoms with Crippen LogP contribution in [0.3, 0.4) is 0 Å². The second-order valence-electron chi connectivity index (χ2n) is 5.19. The first-order chi connectivity index (χ1) is 7.45. The Bertz CT molecular complexity index is 437. The Labute approximate surface area is 97.0 Å². The highest BCUT2D eigenvalue weighted by molar-refractivity contribution is 7.55. The molecule has 1 aromatic rings. The van der Waals surface area contributed by atoms with E-state index in [0.29, 0.717) is 0 Å². The zero-order valence-corrected chi connectivity index (χ0v) is 11.1. The van der Waals surface area contributed by atoms with E-state index in [2.05, 4.69) is 26.1 Å². The second-order valence-corrected chi connectivity index (χ2v) is 7.00. The number of fused-ring (bicyclic) bond motifs is 1. The average molecular weight is 239 g/mol. The first-order valence-corrected chi connectivity index (χ1v) is 6.91. The topological polar surface area (TPSA) is 38.3 Å². The molecule has 0 spiro atoms. The van der Waals surface area contributed by atoms with Gasteiger partial charge in [-0.15, -0.1) is 0 Å². The first-order valence-electron chi connectivity index (χ1n) is 5.43. The number of hydrogen-bond acceptors (Lipinski definition) is 3. The Hall–Kier alpha value is -0.950. The molecule has 0 radical (unpaired) electrons. The fourth-order valence-corrected chi connectivity index (χ4v) is 4.26.